The maximum absolute atomic E-state index is 13.7. The van der Waals surface area contributed by atoms with Gasteiger partial charge in [0.2, 0.25) is 0 Å². The van der Waals surface area contributed by atoms with Crippen molar-refractivity contribution >= 4 is 39.8 Å². The van der Waals surface area contributed by atoms with Crippen LogP contribution in [0.5, 0.6) is 5.75 Å². The summed E-state index contributed by atoms with van der Waals surface area (Å²) < 4.78 is 7.05. The maximum atomic E-state index is 13.7. The second-order valence-electron chi connectivity index (χ2n) is 10.8. The lowest BCUT2D eigenvalue weighted by molar-refractivity contribution is -0.126. The smallest absolute Gasteiger partial charge is 0.295 e. The fraction of sp³-hybridized carbons (Fsp3) is 0.250. The zero-order valence-electron chi connectivity index (χ0n) is 23.7. The number of nitrogens with zero attached hydrogens (tertiary/aromatic N) is 6. The van der Waals surface area contributed by atoms with Crippen molar-refractivity contribution in [3.8, 4) is 11.6 Å². The van der Waals surface area contributed by atoms with Gasteiger partial charge < -0.3 is 14.6 Å². The van der Waals surface area contributed by atoms with Gasteiger partial charge in [-0.2, -0.15) is 5.10 Å². The van der Waals surface area contributed by atoms with Crippen molar-refractivity contribution < 1.29 is 14.3 Å². The van der Waals surface area contributed by atoms with Gasteiger partial charge in [-0.1, -0.05) is 29.3 Å². The molecule has 4 aromatic heterocycles. The Morgan fingerprint density at radius 2 is 1.84 bits per heavy atom. The Bertz CT molecular complexity index is 1950. The highest BCUT2D eigenvalue weighted by Gasteiger charge is 2.31. The van der Waals surface area contributed by atoms with E-state index in [0.717, 1.165) is 29.7 Å². The summed E-state index contributed by atoms with van der Waals surface area (Å²) in [4.78, 5) is 45.4. The van der Waals surface area contributed by atoms with Gasteiger partial charge in [-0.3, -0.25) is 14.6 Å². The predicted molar refractivity (Wildman–Crippen MR) is 162 cm³/mol. The Balaban J connectivity index is 1.19. The van der Waals surface area contributed by atoms with Crippen molar-refractivity contribution in [3.63, 3.8) is 0 Å². The Labute approximate surface area is 252 Å². The molecule has 2 aliphatic rings. The topological polar surface area (TPSA) is 119 Å². The van der Waals surface area contributed by atoms with Gasteiger partial charge in [0.25, 0.3) is 11.7 Å². The van der Waals surface area contributed by atoms with Gasteiger partial charge in [-0.15, -0.1) is 0 Å². The molecule has 11 heteroatoms. The number of ether oxygens (including phenoxy) is 1. The molecule has 1 saturated heterocycles. The first-order chi connectivity index (χ1) is 20.9. The van der Waals surface area contributed by atoms with Gasteiger partial charge in [-0.25, -0.2) is 14.6 Å². The molecule has 43 heavy (non-hydrogen) atoms. The van der Waals surface area contributed by atoms with Gasteiger partial charge in [-0.05, 0) is 67.5 Å². The molecule has 1 amide bonds. The van der Waals surface area contributed by atoms with Crippen LogP contribution in [0.25, 0.3) is 22.3 Å². The van der Waals surface area contributed by atoms with Crippen molar-refractivity contribution in [1.82, 2.24) is 34.6 Å². The summed E-state index contributed by atoms with van der Waals surface area (Å²) in [6, 6.07) is 10.2. The summed E-state index contributed by atoms with van der Waals surface area (Å²) in [6.07, 6.45) is 9.49. The van der Waals surface area contributed by atoms with Crippen LogP contribution in [0.2, 0.25) is 5.02 Å². The third kappa shape index (κ3) is 4.67. The normalized spacial score (nSPS) is 14.8. The number of fused-ring (bicyclic) bond motifs is 3. The number of pyridine rings is 2. The Morgan fingerprint density at radius 3 is 2.60 bits per heavy atom. The van der Waals surface area contributed by atoms with Crippen LogP contribution >= 0.6 is 11.6 Å². The van der Waals surface area contributed by atoms with Crippen LogP contribution in [0, 0.1) is 6.92 Å². The number of H-pyrrole nitrogens is 1. The van der Waals surface area contributed by atoms with Crippen LogP contribution in [-0.2, 0) is 17.6 Å². The number of nitrogens with one attached hydrogen (secondary N) is 1. The number of carbonyl (C=O) groups is 2. The molecule has 0 bridgehead atoms. The Hall–Kier alpha value is -4.83. The monoisotopic (exact) mass is 593 g/mol. The molecule has 0 radical (unpaired) electrons. The lowest BCUT2D eigenvalue weighted by Crippen LogP contribution is -2.40. The highest BCUT2D eigenvalue weighted by Crippen LogP contribution is 2.39. The predicted octanol–water partition coefficient (Wildman–Crippen LogP) is 4.91. The number of hydrogen-bond donors (Lipinski definition) is 1. The summed E-state index contributed by atoms with van der Waals surface area (Å²) in [6.45, 7) is 2.64. The molecule has 5 aromatic rings. The van der Waals surface area contributed by atoms with E-state index in [2.05, 4.69) is 32.2 Å². The molecule has 0 atom stereocenters. The molecule has 1 fully saturated rings. The first-order valence-corrected chi connectivity index (χ1v) is 14.5. The third-order valence-corrected chi connectivity index (χ3v) is 8.51. The van der Waals surface area contributed by atoms with E-state index in [9.17, 15) is 9.59 Å². The second kappa shape index (κ2) is 10.8. The van der Waals surface area contributed by atoms with Crippen molar-refractivity contribution in [2.45, 2.75) is 32.6 Å². The van der Waals surface area contributed by atoms with Crippen LogP contribution in [0.3, 0.4) is 0 Å². The van der Waals surface area contributed by atoms with Gasteiger partial charge in [0, 0.05) is 36.1 Å². The summed E-state index contributed by atoms with van der Waals surface area (Å²) in [5.41, 5.74) is 7.66. The zero-order chi connectivity index (χ0) is 29.7. The Morgan fingerprint density at radius 1 is 1.02 bits per heavy atom. The van der Waals surface area contributed by atoms with Crippen molar-refractivity contribution in [2.24, 2.45) is 0 Å². The van der Waals surface area contributed by atoms with Gasteiger partial charge in [0.15, 0.2) is 5.82 Å². The highest BCUT2D eigenvalue weighted by molar-refractivity contribution is 6.45. The number of carbonyl (C=O) groups excluding carboxylic acids is 2. The molecule has 1 aliphatic heterocycles. The molecule has 0 unspecified atom stereocenters. The number of rotatable bonds is 4. The van der Waals surface area contributed by atoms with E-state index in [4.69, 9.17) is 21.3 Å². The Kier molecular flexibility index (Phi) is 6.78. The molecule has 0 saturated carbocycles. The van der Waals surface area contributed by atoms with Gasteiger partial charge >= 0.3 is 0 Å². The number of methoxy groups -OCH3 is 1. The minimum Gasteiger partial charge on any atom is -0.494 e. The minimum absolute atomic E-state index is 0.231. The number of benzene rings is 1. The first kappa shape index (κ1) is 27.0. The highest BCUT2D eigenvalue weighted by atomic mass is 35.5. The summed E-state index contributed by atoms with van der Waals surface area (Å²) in [5, 5.41) is 5.54. The zero-order valence-corrected chi connectivity index (χ0v) is 24.5. The fourth-order valence-electron chi connectivity index (χ4n) is 6.18. The number of hydrogen-bond acceptors (Lipinski definition) is 7. The van der Waals surface area contributed by atoms with Gasteiger partial charge in [0.05, 0.1) is 35.5 Å². The van der Waals surface area contributed by atoms with E-state index in [0.29, 0.717) is 59.2 Å². The van der Waals surface area contributed by atoms with E-state index < -0.39 is 11.7 Å². The molecule has 7 rings (SSSR count). The number of ketones is 1. The molecular weight excluding hydrogens is 566 g/mol. The molecule has 1 aliphatic carbocycles. The summed E-state index contributed by atoms with van der Waals surface area (Å²) in [7, 11) is 1.51. The minimum atomic E-state index is -0.603. The van der Waals surface area contributed by atoms with E-state index in [-0.39, 0.29) is 5.56 Å². The summed E-state index contributed by atoms with van der Waals surface area (Å²) in [5.74, 6) is 0.272. The van der Waals surface area contributed by atoms with Crippen molar-refractivity contribution in [3.05, 3.63) is 99.6 Å². The quantitative estimate of drug-likeness (QED) is 0.232. The van der Waals surface area contributed by atoms with Crippen LogP contribution in [0.1, 0.15) is 51.4 Å². The van der Waals surface area contributed by atoms with Crippen molar-refractivity contribution in [1.29, 1.82) is 0 Å². The molecule has 5 heterocycles. The largest absolute Gasteiger partial charge is 0.494 e. The maximum Gasteiger partial charge on any atom is 0.295 e. The lowest BCUT2D eigenvalue weighted by Gasteiger charge is -2.30. The average Bonchev–Trinajstić information content (AvgIpc) is 3.63. The molecule has 0 spiro atoms. The molecule has 10 nitrogen and oxygen atoms in total. The SMILES string of the molecule is COc1cnc(-n2cnc(C)n2)c2[nH]cc(C(=O)C(=O)N3CCC(=C4c5ccc(Cl)cc5CCc5cccnc54)CC3)c12. The molecule has 1 aromatic carbocycles. The first-order valence-electron chi connectivity index (χ1n) is 14.1. The van der Waals surface area contributed by atoms with E-state index in [1.807, 2.05) is 24.4 Å². The van der Waals surface area contributed by atoms with Crippen LogP contribution < -0.4 is 4.74 Å². The number of likely N-dealkylation sites (tertiary alicyclic amines) is 1. The van der Waals surface area contributed by atoms with E-state index in [1.165, 1.54) is 40.9 Å². The van der Waals surface area contributed by atoms with E-state index >= 15 is 0 Å². The number of halogens is 1. The third-order valence-electron chi connectivity index (χ3n) is 8.27. The molecular formula is C32H28ClN7O3. The number of amides is 1. The fourth-order valence-corrected chi connectivity index (χ4v) is 6.38. The molecule has 216 valence electrons. The number of aryl methyl sites for hydroxylation is 3. The number of aromatic nitrogens is 6. The standard InChI is InChI=1S/C32H28ClN7O3/c1-18-37-17-40(38-18)31-29-27(25(43-2)16-36-31)24(15-35-29)30(41)32(42)39-12-9-19(10-13-39)26-23-8-7-22(33)14-21(23)6-5-20-4-3-11-34-28(20)26/h3-4,7-8,11,14-17,35H,5-6,9-10,12-13H2,1-2H3. The molecule has 1 N–H and O–H groups in total. The number of aromatic amines is 1. The van der Waals surface area contributed by atoms with Crippen molar-refractivity contribution in [2.75, 3.05) is 20.2 Å². The van der Waals surface area contributed by atoms with E-state index in [1.54, 1.807) is 18.2 Å². The number of Topliss-reactive ketones (excluding diaryl/α,β-unsaturated/α-hetero) is 1. The van der Waals surface area contributed by atoms with Crippen LogP contribution in [0.15, 0.2) is 60.8 Å². The lowest BCUT2D eigenvalue weighted by atomic mass is 9.88. The summed E-state index contributed by atoms with van der Waals surface area (Å²) >= 11 is 6.37. The number of piperidine rings is 1. The second-order valence-corrected chi connectivity index (χ2v) is 11.2. The van der Waals surface area contributed by atoms with Crippen LogP contribution in [0.4, 0.5) is 0 Å². The van der Waals surface area contributed by atoms with Crippen LogP contribution in [-0.4, -0.2) is 66.5 Å². The average molecular weight is 594 g/mol. The van der Waals surface area contributed by atoms with Gasteiger partial charge in [0.1, 0.15) is 17.9 Å².